The summed E-state index contributed by atoms with van der Waals surface area (Å²) >= 11 is 0. The number of hydrogen-bond donors (Lipinski definition) is 4. The second-order valence-electron chi connectivity index (χ2n) is 10.8. The minimum absolute atomic E-state index is 0.135. The van der Waals surface area contributed by atoms with Gasteiger partial charge in [0.15, 0.2) is 12.6 Å². The van der Waals surface area contributed by atoms with Gasteiger partial charge in [-0.2, -0.15) is 0 Å². The Bertz CT molecular complexity index is 1210. The molecule has 0 radical (unpaired) electrons. The maximum atomic E-state index is 11.1. The summed E-state index contributed by atoms with van der Waals surface area (Å²) in [7, 11) is 0. The zero-order valence-corrected chi connectivity index (χ0v) is 24.0. The molecule has 10 nitrogen and oxygen atoms in total. The van der Waals surface area contributed by atoms with Crippen molar-refractivity contribution in [3.8, 4) is 0 Å². The molecule has 0 aliphatic carbocycles. The molecule has 0 unspecified atom stereocenters. The molecule has 43 heavy (non-hydrogen) atoms. The molecule has 5 rings (SSSR count). The summed E-state index contributed by atoms with van der Waals surface area (Å²) in [6.07, 6.45) is -11.1. The first-order valence-electron chi connectivity index (χ1n) is 14.5. The Morgan fingerprint density at radius 2 is 1.05 bits per heavy atom. The predicted molar refractivity (Wildman–Crippen MR) is 154 cm³/mol. The molecule has 0 aromatic heterocycles. The molecule has 2 aliphatic heterocycles. The van der Waals surface area contributed by atoms with Gasteiger partial charge < -0.3 is 48.8 Å². The van der Waals surface area contributed by atoms with Crippen molar-refractivity contribution < 1.29 is 48.8 Å². The Labute approximate surface area is 251 Å². The van der Waals surface area contributed by atoms with E-state index in [0.29, 0.717) is 0 Å². The van der Waals surface area contributed by atoms with E-state index in [1.807, 2.05) is 91.0 Å². The van der Waals surface area contributed by atoms with Crippen LogP contribution in [-0.2, 0) is 48.2 Å². The van der Waals surface area contributed by atoms with Crippen LogP contribution in [0.25, 0.3) is 0 Å². The maximum absolute atomic E-state index is 11.1. The third kappa shape index (κ3) is 8.05. The summed E-state index contributed by atoms with van der Waals surface area (Å²) in [5.41, 5.74) is 2.66. The first kappa shape index (κ1) is 31.7. The smallest absolute Gasteiger partial charge is 0.187 e. The third-order valence-electron chi connectivity index (χ3n) is 7.70. The van der Waals surface area contributed by atoms with Gasteiger partial charge >= 0.3 is 0 Å². The van der Waals surface area contributed by atoms with E-state index in [9.17, 15) is 20.4 Å². The van der Waals surface area contributed by atoms with Gasteiger partial charge in [0.25, 0.3) is 0 Å². The fourth-order valence-electron chi connectivity index (χ4n) is 5.26. The number of ether oxygens (including phenoxy) is 6. The van der Waals surface area contributed by atoms with Crippen molar-refractivity contribution in [2.45, 2.75) is 88.2 Å². The van der Waals surface area contributed by atoms with Crippen molar-refractivity contribution in [2.75, 3.05) is 6.61 Å². The lowest BCUT2D eigenvalue weighted by atomic mass is 9.97. The monoisotopic (exact) mass is 596 g/mol. The average molecular weight is 597 g/mol. The standard InChI is InChI=1S/C33H40O10/c1-21-26(35)30(38-18-22-11-5-2-6-12-22)31(39-19-23-13-7-3-8-14-23)33(41-21)43-29-25(17-34)42-32(28(37)27(29)36)40-20-24-15-9-4-10-16-24/h2-16,21,25-37H,17-20H2,1H3/t21-,25-,26-,27-,28-,29-,30+,31-,32-,33-/m1/s1. The van der Waals surface area contributed by atoms with Gasteiger partial charge in [0.1, 0.15) is 42.7 Å². The van der Waals surface area contributed by atoms with Crippen LogP contribution in [0.5, 0.6) is 0 Å². The molecule has 4 N–H and O–H groups in total. The lowest BCUT2D eigenvalue weighted by Gasteiger charge is -2.47. The van der Waals surface area contributed by atoms with Crippen LogP contribution >= 0.6 is 0 Å². The molecule has 10 atom stereocenters. The third-order valence-corrected chi connectivity index (χ3v) is 7.70. The molecule has 2 fully saturated rings. The normalized spacial score (nSPS) is 32.9. The van der Waals surface area contributed by atoms with Gasteiger partial charge in [0.2, 0.25) is 0 Å². The van der Waals surface area contributed by atoms with Crippen LogP contribution in [0.1, 0.15) is 23.6 Å². The molecule has 2 saturated heterocycles. The number of rotatable bonds is 12. The Morgan fingerprint density at radius 3 is 1.56 bits per heavy atom. The summed E-state index contributed by atoms with van der Waals surface area (Å²) in [6, 6.07) is 28.4. The van der Waals surface area contributed by atoms with Crippen LogP contribution in [0.4, 0.5) is 0 Å². The van der Waals surface area contributed by atoms with Crippen molar-refractivity contribution in [2.24, 2.45) is 0 Å². The molecule has 232 valence electrons. The fourth-order valence-corrected chi connectivity index (χ4v) is 5.26. The van der Waals surface area contributed by atoms with E-state index in [-0.39, 0.29) is 19.8 Å². The van der Waals surface area contributed by atoms with E-state index < -0.39 is 68.0 Å². The maximum Gasteiger partial charge on any atom is 0.187 e. The Kier molecular flexibility index (Phi) is 11.3. The van der Waals surface area contributed by atoms with Gasteiger partial charge in [-0.3, -0.25) is 0 Å². The highest BCUT2D eigenvalue weighted by atomic mass is 16.7. The van der Waals surface area contributed by atoms with Crippen molar-refractivity contribution in [3.63, 3.8) is 0 Å². The summed E-state index contributed by atoms with van der Waals surface area (Å²) < 4.78 is 36.4. The van der Waals surface area contributed by atoms with Gasteiger partial charge in [-0.05, 0) is 23.6 Å². The fraction of sp³-hybridized carbons (Fsp3) is 0.455. The van der Waals surface area contributed by atoms with E-state index in [0.717, 1.165) is 16.7 Å². The Morgan fingerprint density at radius 1 is 0.558 bits per heavy atom. The van der Waals surface area contributed by atoms with E-state index in [4.69, 9.17) is 28.4 Å². The van der Waals surface area contributed by atoms with E-state index in [1.54, 1.807) is 6.92 Å². The molecule has 0 saturated carbocycles. The lowest BCUT2D eigenvalue weighted by Crippen LogP contribution is -2.64. The highest BCUT2D eigenvalue weighted by molar-refractivity contribution is 5.15. The van der Waals surface area contributed by atoms with Gasteiger partial charge in [-0.15, -0.1) is 0 Å². The minimum atomic E-state index is -1.49. The van der Waals surface area contributed by atoms with E-state index >= 15 is 0 Å². The number of aliphatic hydroxyl groups excluding tert-OH is 4. The second kappa shape index (κ2) is 15.3. The van der Waals surface area contributed by atoms with E-state index in [2.05, 4.69) is 0 Å². The van der Waals surface area contributed by atoms with Crippen molar-refractivity contribution in [1.29, 1.82) is 0 Å². The molecule has 3 aromatic carbocycles. The SMILES string of the molecule is C[C@H]1O[C@H](O[C@H]2[C@H](O)[C@@H](O)[C@H](OCc3ccccc3)O[C@@H]2CO)[C@H](OCc2ccccc2)[C@@H](OCc2ccccc2)[C@@H]1O. The lowest BCUT2D eigenvalue weighted by molar-refractivity contribution is -0.364. The van der Waals surface area contributed by atoms with Crippen LogP contribution in [0.2, 0.25) is 0 Å². The largest absolute Gasteiger partial charge is 0.394 e. The highest BCUT2D eigenvalue weighted by Crippen LogP contribution is 2.32. The number of hydrogen-bond acceptors (Lipinski definition) is 10. The molecular formula is C33H40O10. The van der Waals surface area contributed by atoms with Crippen LogP contribution < -0.4 is 0 Å². The quantitative estimate of drug-likeness (QED) is 0.247. The van der Waals surface area contributed by atoms with Crippen LogP contribution in [0, 0.1) is 0 Å². The zero-order valence-electron chi connectivity index (χ0n) is 24.0. The van der Waals surface area contributed by atoms with E-state index in [1.165, 1.54) is 0 Å². The minimum Gasteiger partial charge on any atom is -0.394 e. The van der Waals surface area contributed by atoms with Crippen LogP contribution in [0.3, 0.4) is 0 Å². The van der Waals surface area contributed by atoms with Gasteiger partial charge in [-0.25, -0.2) is 0 Å². The average Bonchev–Trinajstić information content (AvgIpc) is 3.04. The summed E-state index contributed by atoms with van der Waals surface area (Å²) in [6.45, 7) is 1.68. The number of benzene rings is 3. The van der Waals surface area contributed by atoms with Gasteiger partial charge in [-0.1, -0.05) is 91.0 Å². The highest BCUT2D eigenvalue weighted by Gasteiger charge is 2.51. The first-order valence-corrected chi connectivity index (χ1v) is 14.5. The molecule has 3 aromatic rings. The van der Waals surface area contributed by atoms with Crippen molar-refractivity contribution in [3.05, 3.63) is 108 Å². The van der Waals surface area contributed by atoms with Crippen LogP contribution in [-0.4, -0.2) is 88.4 Å². The first-order chi connectivity index (χ1) is 20.9. The van der Waals surface area contributed by atoms with Gasteiger partial charge in [0, 0.05) is 0 Å². The van der Waals surface area contributed by atoms with Gasteiger partial charge in [0.05, 0.1) is 32.5 Å². The second-order valence-corrected chi connectivity index (χ2v) is 10.8. The Hall–Kier alpha value is -2.74. The molecular weight excluding hydrogens is 556 g/mol. The summed E-state index contributed by atoms with van der Waals surface area (Å²) in [4.78, 5) is 0. The molecule has 10 heteroatoms. The van der Waals surface area contributed by atoms with Crippen molar-refractivity contribution >= 4 is 0 Å². The Balaban J connectivity index is 1.32. The summed E-state index contributed by atoms with van der Waals surface area (Å²) in [5, 5.41) is 43.4. The topological polar surface area (TPSA) is 136 Å². The van der Waals surface area contributed by atoms with Crippen molar-refractivity contribution in [1.82, 2.24) is 0 Å². The molecule has 0 bridgehead atoms. The molecule has 2 aliphatic rings. The molecule has 0 spiro atoms. The summed E-state index contributed by atoms with van der Waals surface area (Å²) in [5.74, 6) is 0. The van der Waals surface area contributed by atoms with Crippen LogP contribution in [0.15, 0.2) is 91.0 Å². The molecule has 0 amide bonds. The zero-order chi connectivity index (χ0) is 30.2. The number of aliphatic hydroxyl groups is 4. The predicted octanol–water partition coefficient (Wildman–Crippen LogP) is 2.30. The molecule has 2 heterocycles.